The molecule has 1 fully saturated rings. The largest absolute Gasteiger partial charge is 0.370 e. The molecule has 9 nitrogen and oxygen atoms in total. The van der Waals surface area contributed by atoms with Crippen molar-refractivity contribution in [2.24, 2.45) is 20.0 Å². The molecular weight excluding hydrogens is 332 g/mol. The molecule has 0 aliphatic carbocycles. The van der Waals surface area contributed by atoms with E-state index in [0.29, 0.717) is 5.92 Å². The topological polar surface area (TPSA) is 93.8 Å². The summed E-state index contributed by atoms with van der Waals surface area (Å²) < 4.78 is 3.10. The molecule has 0 unspecified atom stereocenters. The van der Waals surface area contributed by atoms with E-state index < -0.39 is 0 Å². The van der Waals surface area contributed by atoms with E-state index in [9.17, 15) is 4.79 Å². The predicted octanol–water partition coefficient (Wildman–Crippen LogP) is 0.704. The summed E-state index contributed by atoms with van der Waals surface area (Å²) in [4.78, 5) is 23.0. The van der Waals surface area contributed by atoms with Gasteiger partial charge in [0.25, 0.3) is 5.56 Å². The summed E-state index contributed by atoms with van der Waals surface area (Å²) in [6.07, 6.45) is 4.61. The van der Waals surface area contributed by atoms with Crippen LogP contribution in [0.2, 0.25) is 0 Å². The van der Waals surface area contributed by atoms with Crippen LogP contribution in [0.1, 0.15) is 12.2 Å². The SMILES string of the molecule is Cc1nc(NC[C@H]2CCN(c3cnn(C)c(=O)c3)C2)c2cnn(C)c2n1. The molecule has 1 aliphatic rings. The minimum absolute atomic E-state index is 0.0838. The number of hydrogen-bond acceptors (Lipinski definition) is 7. The van der Waals surface area contributed by atoms with E-state index in [1.165, 1.54) is 4.68 Å². The Hall–Kier alpha value is -2.97. The van der Waals surface area contributed by atoms with Crippen LogP contribution in [0.4, 0.5) is 11.5 Å². The van der Waals surface area contributed by atoms with Gasteiger partial charge in [-0.25, -0.2) is 14.6 Å². The zero-order chi connectivity index (χ0) is 18.3. The van der Waals surface area contributed by atoms with Crippen molar-refractivity contribution in [2.45, 2.75) is 13.3 Å². The molecule has 3 aromatic rings. The highest BCUT2D eigenvalue weighted by atomic mass is 16.1. The van der Waals surface area contributed by atoms with Gasteiger partial charge in [-0.2, -0.15) is 10.2 Å². The Labute approximate surface area is 150 Å². The van der Waals surface area contributed by atoms with Crippen LogP contribution in [-0.4, -0.2) is 49.2 Å². The van der Waals surface area contributed by atoms with Crippen molar-refractivity contribution in [3.63, 3.8) is 0 Å². The summed E-state index contributed by atoms with van der Waals surface area (Å²) in [6, 6.07) is 1.65. The van der Waals surface area contributed by atoms with Crippen LogP contribution < -0.4 is 15.8 Å². The van der Waals surface area contributed by atoms with Crippen molar-refractivity contribution in [3.05, 3.63) is 34.6 Å². The first-order valence-corrected chi connectivity index (χ1v) is 8.70. The average Bonchev–Trinajstić information content (AvgIpc) is 3.23. The third-order valence-electron chi connectivity index (χ3n) is 4.87. The van der Waals surface area contributed by atoms with E-state index in [1.54, 1.807) is 30.2 Å². The van der Waals surface area contributed by atoms with Crippen molar-refractivity contribution in [2.75, 3.05) is 29.9 Å². The lowest BCUT2D eigenvalue weighted by Gasteiger charge is -2.18. The number of aromatic nitrogens is 6. The standard InChI is InChI=1S/C17H22N8O/c1-11-21-16(14-9-20-24(3)17(14)22-11)18-7-12-4-5-25(10-12)13-6-15(26)23(2)19-8-13/h6,8-9,12H,4-5,7,10H2,1-3H3,(H,18,21,22)/t12-/m1/s1. The second-order valence-corrected chi connectivity index (χ2v) is 6.78. The molecule has 3 aromatic heterocycles. The van der Waals surface area contributed by atoms with E-state index in [1.807, 2.05) is 14.0 Å². The zero-order valence-electron chi connectivity index (χ0n) is 15.2. The Morgan fingerprint density at radius 3 is 2.81 bits per heavy atom. The van der Waals surface area contributed by atoms with E-state index in [0.717, 1.165) is 54.4 Å². The molecule has 0 radical (unpaired) electrons. The lowest BCUT2D eigenvalue weighted by atomic mass is 10.1. The summed E-state index contributed by atoms with van der Waals surface area (Å²) >= 11 is 0. The molecule has 0 aromatic carbocycles. The molecule has 4 rings (SSSR count). The lowest BCUT2D eigenvalue weighted by molar-refractivity contribution is 0.621. The molecule has 1 N–H and O–H groups in total. The van der Waals surface area contributed by atoms with Gasteiger partial charge < -0.3 is 10.2 Å². The quantitative estimate of drug-likeness (QED) is 0.737. The molecule has 0 saturated carbocycles. The molecule has 9 heteroatoms. The molecule has 1 aliphatic heterocycles. The summed E-state index contributed by atoms with van der Waals surface area (Å²) in [5, 5.41) is 12.8. The first-order valence-electron chi connectivity index (χ1n) is 8.70. The van der Waals surface area contributed by atoms with Gasteiger partial charge in [-0.05, 0) is 19.3 Å². The third-order valence-corrected chi connectivity index (χ3v) is 4.87. The van der Waals surface area contributed by atoms with Crippen molar-refractivity contribution in [1.82, 2.24) is 29.5 Å². The lowest BCUT2D eigenvalue weighted by Crippen LogP contribution is -2.26. The fourth-order valence-electron chi connectivity index (χ4n) is 3.37. The number of nitrogens with zero attached hydrogens (tertiary/aromatic N) is 7. The van der Waals surface area contributed by atoms with Gasteiger partial charge >= 0.3 is 0 Å². The van der Waals surface area contributed by atoms with E-state index in [2.05, 4.69) is 30.4 Å². The number of hydrogen-bond donors (Lipinski definition) is 1. The highest BCUT2D eigenvalue weighted by Gasteiger charge is 2.23. The molecular formula is C17H22N8O. The van der Waals surface area contributed by atoms with Crippen LogP contribution in [0.15, 0.2) is 23.3 Å². The Bertz CT molecular complexity index is 1010. The first-order chi connectivity index (χ1) is 12.5. The third kappa shape index (κ3) is 3.00. The van der Waals surface area contributed by atoms with Crippen molar-refractivity contribution < 1.29 is 0 Å². The number of fused-ring (bicyclic) bond motifs is 1. The predicted molar refractivity (Wildman–Crippen MR) is 99.3 cm³/mol. The molecule has 136 valence electrons. The fraction of sp³-hybridized carbons (Fsp3) is 0.471. The molecule has 4 heterocycles. The monoisotopic (exact) mass is 354 g/mol. The summed E-state index contributed by atoms with van der Waals surface area (Å²) in [6.45, 7) is 4.52. The summed E-state index contributed by atoms with van der Waals surface area (Å²) in [7, 11) is 3.54. The van der Waals surface area contributed by atoms with Gasteiger partial charge in [0.2, 0.25) is 0 Å². The molecule has 26 heavy (non-hydrogen) atoms. The Kier molecular flexibility index (Phi) is 4.06. The molecule has 0 bridgehead atoms. The van der Waals surface area contributed by atoms with Crippen molar-refractivity contribution in [1.29, 1.82) is 0 Å². The normalized spacial score (nSPS) is 17.2. The highest BCUT2D eigenvalue weighted by molar-refractivity contribution is 5.86. The highest BCUT2D eigenvalue weighted by Crippen LogP contribution is 2.24. The van der Waals surface area contributed by atoms with Gasteiger partial charge in [-0.1, -0.05) is 0 Å². The smallest absolute Gasteiger partial charge is 0.268 e. The van der Waals surface area contributed by atoms with Gasteiger partial charge in [-0.3, -0.25) is 9.48 Å². The average molecular weight is 354 g/mol. The minimum atomic E-state index is -0.0838. The van der Waals surface area contributed by atoms with Gasteiger partial charge in [0.05, 0.1) is 23.5 Å². The number of anilines is 2. The van der Waals surface area contributed by atoms with E-state index >= 15 is 0 Å². The Balaban J connectivity index is 1.45. The van der Waals surface area contributed by atoms with Crippen LogP contribution >= 0.6 is 0 Å². The van der Waals surface area contributed by atoms with Crippen LogP contribution in [0.5, 0.6) is 0 Å². The summed E-state index contributed by atoms with van der Waals surface area (Å²) in [5.41, 5.74) is 1.64. The summed E-state index contributed by atoms with van der Waals surface area (Å²) in [5.74, 6) is 2.03. The van der Waals surface area contributed by atoms with Crippen LogP contribution in [0.3, 0.4) is 0 Å². The van der Waals surface area contributed by atoms with E-state index in [-0.39, 0.29) is 5.56 Å². The number of nitrogens with one attached hydrogen (secondary N) is 1. The van der Waals surface area contributed by atoms with Crippen LogP contribution in [0.25, 0.3) is 11.0 Å². The van der Waals surface area contributed by atoms with Gasteiger partial charge in [0.15, 0.2) is 5.65 Å². The molecule has 0 amide bonds. The minimum Gasteiger partial charge on any atom is -0.370 e. The van der Waals surface area contributed by atoms with Crippen molar-refractivity contribution in [3.8, 4) is 0 Å². The van der Waals surface area contributed by atoms with Gasteiger partial charge in [0.1, 0.15) is 11.6 Å². The second-order valence-electron chi connectivity index (χ2n) is 6.78. The fourth-order valence-corrected chi connectivity index (χ4v) is 3.37. The molecule has 1 saturated heterocycles. The van der Waals surface area contributed by atoms with Crippen LogP contribution in [0, 0.1) is 12.8 Å². The van der Waals surface area contributed by atoms with Gasteiger partial charge in [-0.15, -0.1) is 0 Å². The Morgan fingerprint density at radius 2 is 2.00 bits per heavy atom. The maximum Gasteiger partial charge on any atom is 0.268 e. The van der Waals surface area contributed by atoms with Crippen LogP contribution in [-0.2, 0) is 14.1 Å². The second kappa shape index (κ2) is 6.40. The van der Waals surface area contributed by atoms with Crippen molar-refractivity contribution >= 4 is 22.5 Å². The first kappa shape index (κ1) is 16.5. The zero-order valence-corrected chi connectivity index (χ0v) is 15.2. The maximum absolute atomic E-state index is 11.8. The Morgan fingerprint density at radius 1 is 1.19 bits per heavy atom. The number of rotatable bonds is 4. The maximum atomic E-state index is 11.8. The molecule has 0 spiro atoms. The van der Waals surface area contributed by atoms with Gasteiger partial charge in [0, 0.05) is 39.8 Å². The van der Waals surface area contributed by atoms with E-state index in [4.69, 9.17) is 0 Å². The molecule has 1 atom stereocenters. The number of aryl methyl sites for hydroxylation is 3.